The van der Waals surface area contributed by atoms with Crippen molar-refractivity contribution in [1.82, 2.24) is 20.3 Å². The van der Waals surface area contributed by atoms with Crippen LogP contribution < -0.4 is 11.1 Å². The predicted octanol–water partition coefficient (Wildman–Crippen LogP) is -0.625. The van der Waals surface area contributed by atoms with Crippen LogP contribution >= 0.6 is 0 Å². The molecule has 0 aliphatic heterocycles. The fraction of sp³-hybridized carbons (Fsp3) is 0.625. The molecule has 0 aromatic carbocycles. The number of nitrogens with zero attached hydrogens (tertiary/aromatic N) is 3. The van der Waals surface area contributed by atoms with Gasteiger partial charge in [-0.2, -0.15) is 0 Å². The Morgan fingerprint density at radius 2 is 2.43 bits per heavy atom. The van der Waals surface area contributed by atoms with E-state index >= 15 is 0 Å². The Balaban J connectivity index is 2.62. The molecule has 1 heterocycles. The minimum atomic E-state index is -0.205. The summed E-state index contributed by atoms with van der Waals surface area (Å²) in [7, 11) is 0. The summed E-state index contributed by atoms with van der Waals surface area (Å²) in [6, 6.07) is 0.0992. The lowest BCUT2D eigenvalue weighted by atomic mass is 10.3. The van der Waals surface area contributed by atoms with Crippen LogP contribution in [0.25, 0.3) is 0 Å². The van der Waals surface area contributed by atoms with Crippen LogP contribution in [0.1, 0.15) is 24.3 Å². The summed E-state index contributed by atoms with van der Waals surface area (Å²) in [5.41, 5.74) is 5.66. The van der Waals surface area contributed by atoms with Crippen molar-refractivity contribution in [3.05, 3.63) is 11.9 Å². The molecule has 78 valence electrons. The van der Waals surface area contributed by atoms with E-state index in [1.54, 1.807) is 10.9 Å². The molecule has 1 rings (SSSR count). The van der Waals surface area contributed by atoms with E-state index in [2.05, 4.69) is 15.6 Å². The van der Waals surface area contributed by atoms with Crippen LogP contribution in [0.5, 0.6) is 0 Å². The van der Waals surface area contributed by atoms with Gasteiger partial charge in [-0.05, 0) is 13.8 Å². The van der Waals surface area contributed by atoms with Crippen LogP contribution in [0.15, 0.2) is 6.20 Å². The molecule has 0 unspecified atom stereocenters. The zero-order valence-corrected chi connectivity index (χ0v) is 8.40. The Bertz CT molecular complexity index is 306. The van der Waals surface area contributed by atoms with Gasteiger partial charge in [-0.1, -0.05) is 5.21 Å². The molecular weight excluding hydrogens is 182 g/mol. The average Bonchev–Trinajstić information content (AvgIpc) is 2.52. The number of nitrogens with two attached hydrogens (primary N) is 1. The summed E-state index contributed by atoms with van der Waals surface area (Å²) < 4.78 is 1.55. The zero-order chi connectivity index (χ0) is 10.6. The molecule has 6 nitrogen and oxygen atoms in total. The van der Waals surface area contributed by atoms with E-state index in [0.717, 1.165) is 0 Å². The molecule has 6 heteroatoms. The first kappa shape index (κ1) is 10.6. The molecular formula is C8H15N5O. The molecule has 1 aromatic heterocycles. The highest BCUT2D eigenvalue weighted by Crippen LogP contribution is 1.93. The highest BCUT2D eigenvalue weighted by atomic mass is 16.2. The first-order valence-electron chi connectivity index (χ1n) is 4.54. The van der Waals surface area contributed by atoms with Gasteiger partial charge in [0, 0.05) is 12.6 Å². The molecule has 0 fully saturated rings. The smallest absolute Gasteiger partial charge is 0.273 e. The summed E-state index contributed by atoms with van der Waals surface area (Å²) in [6.45, 7) is 4.83. The van der Waals surface area contributed by atoms with Crippen LogP contribution in [0.2, 0.25) is 0 Å². The average molecular weight is 197 g/mol. The molecule has 0 spiro atoms. The van der Waals surface area contributed by atoms with Gasteiger partial charge in [-0.15, -0.1) is 5.10 Å². The second-order valence-corrected chi connectivity index (χ2v) is 3.28. The Kier molecular flexibility index (Phi) is 3.58. The van der Waals surface area contributed by atoms with Crippen LogP contribution in [-0.2, 0) is 6.54 Å². The molecule has 0 aliphatic carbocycles. The highest BCUT2D eigenvalue weighted by Gasteiger charge is 2.10. The number of aromatic nitrogens is 3. The van der Waals surface area contributed by atoms with Gasteiger partial charge >= 0.3 is 0 Å². The molecule has 0 bridgehead atoms. The molecule has 0 atom stereocenters. The normalized spacial score (nSPS) is 10.6. The van der Waals surface area contributed by atoms with Crippen LogP contribution in [0.4, 0.5) is 0 Å². The van der Waals surface area contributed by atoms with E-state index in [0.29, 0.717) is 18.8 Å². The lowest BCUT2D eigenvalue weighted by Gasteiger charge is -2.04. The third-order valence-electron chi connectivity index (χ3n) is 1.55. The minimum absolute atomic E-state index is 0.0992. The van der Waals surface area contributed by atoms with E-state index in [4.69, 9.17) is 5.73 Å². The quantitative estimate of drug-likeness (QED) is 0.673. The number of nitrogens with one attached hydrogen (secondary N) is 1. The third kappa shape index (κ3) is 2.81. The lowest BCUT2D eigenvalue weighted by molar-refractivity contribution is 0.0938. The standard InChI is InChI=1S/C8H15N5O/c1-6(2)10-8(14)7-5-13(4-3-9)12-11-7/h5-6H,3-4,9H2,1-2H3,(H,10,14). The van der Waals surface area contributed by atoms with Crippen LogP contribution in [-0.4, -0.2) is 33.5 Å². The van der Waals surface area contributed by atoms with Gasteiger partial charge in [0.05, 0.1) is 12.7 Å². The van der Waals surface area contributed by atoms with Crippen molar-refractivity contribution in [1.29, 1.82) is 0 Å². The van der Waals surface area contributed by atoms with Crippen molar-refractivity contribution in [3.8, 4) is 0 Å². The van der Waals surface area contributed by atoms with E-state index < -0.39 is 0 Å². The molecule has 0 aliphatic rings. The largest absolute Gasteiger partial charge is 0.348 e. The van der Waals surface area contributed by atoms with Gasteiger partial charge < -0.3 is 11.1 Å². The molecule has 0 radical (unpaired) electrons. The Morgan fingerprint density at radius 1 is 1.71 bits per heavy atom. The Labute approximate surface area is 82.5 Å². The number of amides is 1. The van der Waals surface area contributed by atoms with E-state index in [1.807, 2.05) is 13.8 Å². The first-order valence-corrected chi connectivity index (χ1v) is 4.54. The van der Waals surface area contributed by atoms with Crippen molar-refractivity contribution >= 4 is 5.91 Å². The van der Waals surface area contributed by atoms with Gasteiger partial charge in [-0.25, -0.2) is 0 Å². The number of hydrogen-bond acceptors (Lipinski definition) is 4. The summed E-state index contributed by atoms with van der Waals surface area (Å²) in [5.74, 6) is -0.205. The zero-order valence-electron chi connectivity index (χ0n) is 8.40. The molecule has 1 amide bonds. The Hall–Kier alpha value is -1.43. The summed E-state index contributed by atoms with van der Waals surface area (Å²) >= 11 is 0. The van der Waals surface area contributed by atoms with Crippen molar-refractivity contribution < 1.29 is 4.79 Å². The molecule has 0 saturated carbocycles. The number of rotatable bonds is 4. The predicted molar refractivity (Wildman–Crippen MR) is 51.7 cm³/mol. The topological polar surface area (TPSA) is 85.8 Å². The monoisotopic (exact) mass is 197 g/mol. The van der Waals surface area contributed by atoms with Crippen molar-refractivity contribution in [2.75, 3.05) is 6.54 Å². The van der Waals surface area contributed by atoms with E-state index in [-0.39, 0.29) is 11.9 Å². The van der Waals surface area contributed by atoms with Crippen LogP contribution in [0.3, 0.4) is 0 Å². The summed E-state index contributed by atoms with van der Waals surface area (Å²) in [6.07, 6.45) is 1.59. The van der Waals surface area contributed by atoms with Crippen molar-refractivity contribution in [2.24, 2.45) is 5.73 Å². The maximum Gasteiger partial charge on any atom is 0.273 e. The molecule has 14 heavy (non-hydrogen) atoms. The minimum Gasteiger partial charge on any atom is -0.348 e. The second kappa shape index (κ2) is 4.71. The molecule has 3 N–H and O–H groups in total. The van der Waals surface area contributed by atoms with E-state index in [9.17, 15) is 4.79 Å². The van der Waals surface area contributed by atoms with Gasteiger partial charge in [0.25, 0.3) is 5.91 Å². The van der Waals surface area contributed by atoms with Gasteiger partial charge in [0.15, 0.2) is 5.69 Å². The fourth-order valence-corrected chi connectivity index (χ4v) is 0.980. The number of hydrogen-bond donors (Lipinski definition) is 2. The number of carbonyl (C=O) groups is 1. The van der Waals surface area contributed by atoms with Gasteiger partial charge in [0.2, 0.25) is 0 Å². The second-order valence-electron chi connectivity index (χ2n) is 3.28. The lowest BCUT2D eigenvalue weighted by Crippen LogP contribution is -2.30. The van der Waals surface area contributed by atoms with E-state index in [1.165, 1.54) is 0 Å². The van der Waals surface area contributed by atoms with Gasteiger partial charge in [0.1, 0.15) is 0 Å². The maximum absolute atomic E-state index is 11.4. The summed E-state index contributed by atoms with van der Waals surface area (Å²) in [5, 5.41) is 10.2. The molecule has 0 saturated heterocycles. The van der Waals surface area contributed by atoms with Crippen LogP contribution in [0, 0.1) is 0 Å². The summed E-state index contributed by atoms with van der Waals surface area (Å²) in [4.78, 5) is 11.4. The maximum atomic E-state index is 11.4. The molecule has 1 aromatic rings. The third-order valence-corrected chi connectivity index (χ3v) is 1.55. The SMILES string of the molecule is CC(C)NC(=O)c1cn(CCN)nn1. The fourth-order valence-electron chi connectivity index (χ4n) is 0.980. The van der Waals surface area contributed by atoms with Crippen molar-refractivity contribution in [2.45, 2.75) is 26.4 Å². The first-order chi connectivity index (χ1) is 6.63. The Morgan fingerprint density at radius 3 is 3.00 bits per heavy atom. The number of carbonyl (C=O) groups excluding carboxylic acids is 1. The highest BCUT2D eigenvalue weighted by molar-refractivity contribution is 5.91. The van der Waals surface area contributed by atoms with Gasteiger partial charge in [-0.3, -0.25) is 9.48 Å². The van der Waals surface area contributed by atoms with Crippen molar-refractivity contribution in [3.63, 3.8) is 0 Å².